The molecule has 0 bridgehead atoms. The van der Waals surface area contributed by atoms with Gasteiger partial charge in [-0.1, -0.05) is 6.07 Å². The van der Waals surface area contributed by atoms with Crippen LogP contribution in [0, 0.1) is 10.1 Å². The number of rotatable bonds is 9. The van der Waals surface area contributed by atoms with Gasteiger partial charge in [-0.05, 0) is 26.8 Å². The summed E-state index contributed by atoms with van der Waals surface area (Å²) in [4.78, 5) is 22.0. The summed E-state index contributed by atoms with van der Waals surface area (Å²) < 4.78 is 28.1. The third-order valence-electron chi connectivity index (χ3n) is 2.68. The molecule has 0 spiro atoms. The highest BCUT2D eigenvalue weighted by Gasteiger charge is 2.31. The number of methoxy groups -OCH3 is 1. The van der Waals surface area contributed by atoms with Gasteiger partial charge in [0.1, 0.15) is 18.1 Å². The minimum Gasteiger partial charge on any atom is -0.462 e. The molecule has 24 heavy (non-hydrogen) atoms. The highest BCUT2D eigenvalue weighted by Crippen LogP contribution is 2.44. The van der Waals surface area contributed by atoms with Crippen LogP contribution in [0.25, 0.3) is 0 Å². The Kier molecular flexibility index (Phi) is 7.34. The van der Waals surface area contributed by atoms with Crippen LogP contribution >= 0.6 is 7.52 Å². The Hall–Kier alpha value is -1.96. The van der Waals surface area contributed by atoms with Gasteiger partial charge in [-0.25, -0.2) is 5.09 Å². The van der Waals surface area contributed by atoms with E-state index < -0.39 is 24.5 Å². The molecule has 10 heteroatoms. The van der Waals surface area contributed by atoms with Crippen molar-refractivity contribution < 1.29 is 28.3 Å². The molecule has 0 aliphatic heterocycles. The Morgan fingerprint density at radius 3 is 2.58 bits per heavy atom. The van der Waals surface area contributed by atoms with Crippen molar-refractivity contribution in [3.8, 4) is 5.75 Å². The second-order valence-corrected chi connectivity index (χ2v) is 7.32. The predicted molar refractivity (Wildman–Crippen MR) is 87.0 cm³/mol. The van der Waals surface area contributed by atoms with Crippen LogP contribution in [0.5, 0.6) is 5.75 Å². The molecule has 0 aromatic heterocycles. The van der Waals surface area contributed by atoms with Crippen molar-refractivity contribution in [1.82, 2.24) is 5.09 Å². The average Bonchev–Trinajstić information content (AvgIpc) is 2.46. The van der Waals surface area contributed by atoms with Crippen LogP contribution in [0.15, 0.2) is 24.3 Å². The first-order valence-electron chi connectivity index (χ1n) is 7.17. The van der Waals surface area contributed by atoms with Gasteiger partial charge < -0.3 is 14.0 Å². The second kappa shape index (κ2) is 8.77. The normalized spacial score (nSPS) is 14.7. The highest BCUT2D eigenvalue weighted by molar-refractivity contribution is 7.57. The monoisotopic (exact) mass is 360 g/mol. The minimum atomic E-state index is -3.64. The lowest BCUT2D eigenvalue weighted by atomic mass is 10.3. The summed E-state index contributed by atoms with van der Waals surface area (Å²) in [6.07, 6.45) is -0.643. The molecule has 0 radical (unpaired) electrons. The van der Waals surface area contributed by atoms with E-state index in [4.69, 9.17) is 14.0 Å². The van der Waals surface area contributed by atoms with Gasteiger partial charge in [-0.2, -0.15) is 0 Å². The first kappa shape index (κ1) is 20.1. The van der Waals surface area contributed by atoms with Gasteiger partial charge in [0, 0.05) is 13.2 Å². The Labute approximate surface area is 139 Å². The number of ether oxygens (including phenoxy) is 2. The Morgan fingerprint density at radius 2 is 2.04 bits per heavy atom. The molecule has 1 unspecified atom stereocenters. The number of hydrogen-bond acceptors (Lipinski definition) is 7. The fraction of sp³-hybridized carbons (Fsp3) is 0.500. The number of carbonyl (C=O) groups excluding carboxylic acids is 1. The summed E-state index contributed by atoms with van der Waals surface area (Å²) >= 11 is 0. The van der Waals surface area contributed by atoms with Crippen LogP contribution in [0.4, 0.5) is 5.69 Å². The molecule has 2 atom stereocenters. The maximum Gasteiger partial charge on any atom is 0.342 e. The second-order valence-electron chi connectivity index (χ2n) is 5.27. The molecular formula is C14H21N2O7P. The van der Waals surface area contributed by atoms with Gasteiger partial charge in [-0.15, -0.1) is 0 Å². The van der Waals surface area contributed by atoms with Crippen LogP contribution in [-0.2, 0) is 18.8 Å². The molecule has 1 aromatic rings. The van der Waals surface area contributed by atoms with E-state index in [9.17, 15) is 19.5 Å². The van der Waals surface area contributed by atoms with Crippen LogP contribution in [0.1, 0.15) is 20.8 Å². The summed E-state index contributed by atoms with van der Waals surface area (Å²) in [6.45, 7) is 4.86. The maximum atomic E-state index is 12.8. The largest absolute Gasteiger partial charge is 0.462 e. The number of benzene rings is 1. The molecule has 0 saturated carbocycles. The zero-order valence-corrected chi connectivity index (χ0v) is 14.8. The van der Waals surface area contributed by atoms with E-state index in [2.05, 4.69) is 5.09 Å². The molecule has 0 amide bonds. The molecular weight excluding hydrogens is 339 g/mol. The number of carbonyl (C=O) groups is 1. The smallest absolute Gasteiger partial charge is 0.342 e. The maximum absolute atomic E-state index is 12.8. The van der Waals surface area contributed by atoms with Gasteiger partial charge in [-0.3, -0.25) is 19.5 Å². The molecule has 134 valence electrons. The van der Waals surface area contributed by atoms with E-state index in [1.54, 1.807) is 13.8 Å². The number of non-ortho nitro benzene ring substituents is 1. The van der Waals surface area contributed by atoms with Crippen LogP contribution in [-0.4, -0.2) is 36.5 Å². The number of nitrogens with one attached hydrogen (secondary N) is 1. The topological polar surface area (TPSA) is 117 Å². The lowest BCUT2D eigenvalue weighted by molar-refractivity contribution is -0.384. The number of nitro groups is 1. The quantitative estimate of drug-likeness (QED) is 0.309. The minimum absolute atomic E-state index is 0.0292. The van der Waals surface area contributed by atoms with Crippen molar-refractivity contribution >= 4 is 19.2 Å². The van der Waals surface area contributed by atoms with Gasteiger partial charge in [0.15, 0.2) is 0 Å². The highest BCUT2D eigenvalue weighted by atomic mass is 31.2. The predicted octanol–water partition coefficient (Wildman–Crippen LogP) is 2.70. The zero-order chi connectivity index (χ0) is 18.3. The lowest BCUT2D eigenvalue weighted by Gasteiger charge is -2.23. The zero-order valence-electron chi connectivity index (χ0n) is 13.9. The third-order valence-corrected chi connectivity index (χ3v) is 4.56. The number of nitro benzene ring substituents is 1. The summed E-state index contributed by atoms with van der Waals surface area (Å²) in [5.41, 5.74) is -0.205. The first-order chi connectivity index (χ1) is 11.2. The fourth-order valence-corrected chi connectivity index (χ4v) is 3.44. The van der Waals surface area contributed by atoms with Gasteiger partial charge >= 0.3 is 13.5 Å². The number of esters is 1. The number of nitrogens with zero attached hydrogens (tertiary/aromatic N) is 1. The van der Waals surface area contributed by atoms with Crippen molar-refractivity contribution in [1.29, 1.82) is 0 Å². The van der Waals surface area contributed by atoms with Crippen LogP contribution in [0.3, 0.4) is 0 Å². The lowest BCUT2D eigenvalue weighted by Crippen LogP contribution is -2.36. The van der Waals surface area contributed by atoms with Crippen molar-refractivity contribution in [3.63, 3.8) is 0 Å². The summed E-state index contributed by atoms with van der Waals surface area (Å²) in [7, 11) is -2.32. The van der Waals surface area contributed by atoms with E-state index in [1.807, 2.05) is 0 Å². The Bertz CT molecular complexity index is 635. The van der Waals surface area contributed by atoms with Crippen molar-refractivity contribution in [2.75, 3.05) is 13.5 Å². The van der Waals surface area contributed by atoms with Crippen molar-refractivity contribution in [2.45, 2.75) is 32.9 Å². The number of hydrogen-bond donors (Lipinski definition) is 1. The van der Waals surface area contributed by atoms with E-state index in [0.29, 0.717) is 0 Å². The van der Waals surface area contributed by atoms with Crippen LogP contribution in [0.2, 0.25) is 0 Å². The van der Waals surface area contributed by atoms with Crippen molar-refractivity contribution in [2.24, 2.45) is 0 Å². The van der Waals surface area contributed by atoms with Crippen molar-refractivity contribution in [3.05, 3.63) is 34.4 Å². The standard InChI is InChI=1S/C14H21N2O7P/c1-10(2)22-14(17)11(3)15-24(20,9-21-4)23-13-7-5-6-12(8-13)16(18)19/h5-8,10-11H,9H2,1-4H3,(H,15,20)/t11-,24?/m0/s1. The summed E-state index contributed by atoms with van der Waals surface area (Å²) in [5, 5.41) is 13.4. The Morgan fingerprint density at radius 1 is 1.38 bits per heavy atom. The summed E-state index contributed by atoms with van der Waals surface area (Å²) in [5.74, 6) is -0.564. The third kappa shape index (κ3) is 6.27. The van der Waals surface area contributed by atoms with Crippen LogP contribution < -0.4 is 9.61 Å². The molecule has 9 nitrogen and oxygen atoms in total. The molecule has 0 saturated heterocycles. The van der Waals surface area contributed by atoms with E-state index in [1.165, 1.54) is 32.2 Å². The molecule has 1 rings (SSSR count). The molecule has 0 heterocycles. The molecule has 1 N–H and O–H groups in total. The van der Waals surface area contributed by atoms with E-state index in [0.717, 1.165) is 6.07 Å². The molecule has 0 aliphatic carbocycles. The molecule has 0 aliphatic rings. The first-order valence-corrected chi connectivity index (χ1v) is 8.98. The average molecular weight is 360 g/mol. The Balaban J connectivity index is 2.91. The molecule has 0 fully saturated rings. The molecule has 1 aromatic carbocycles. The van der Waals surface area contributed by atoms with Gasteiger partial charge in [0.25, 0.3) is 5.69 Å². The SMILES string of the molecule is COCP(=O)(N[C@@H](C)C(=O)OC(C)C)Oc1cccc([N+](=O)[O-])c1. The fourth-order valence-electron chi connectivity index (χ4n) is 1.77. The van der Waals surface area contributed by atoms with Gasteiger partial charge in [0.05, 0.1) is 17.1 Å². The van der Waals surface area contributed by atoms with Gasteiger partial charge in [0.2, 0.25) is 0 Å². The van der Waals surface area contributed by atoms with E-state index >= 15 is 0 Å². The van der Waals surface area contributed by atoms with E-state index in [-0.39, 0.29) is 23.9 Å². The summed E-state index contributed by atoms with van der Waals surface area (Å²) in [6, 6.07) is 4.34.